The van der Waals surface area contributed by atoms with Crippen LogP contribution in [-0.2, 0) is 24.4 Å². The van der Waals surface area contributed by atoms with E-state index in [1.54, 1.807) is 0 Å². The lowest BCUT2D eigenvalue weighted by Gasteiger charge is -2.37. The second-order valence-corrected chi connectivity index (χ2v) is 15.1. The first-order valence-corrected chi connectivity index (χ1v) is 15.7. The molecule has 2 N–H and O–H groups in total. The molecule has 36 heavy (non-hydrogen) atoms. The van der Waals surface area contributed by atoms with Crippen LogP contribution in [0.5, 0.6) is 0 Å². The lowest BCUT2D eigenvalue weighted by molar-refractivity contribution is -0.132. The molecule has 4 saturated carbocycles. The molecule has 0 saturated heterocycles. The molecular formula is C28H48N2O5S. The Morgan fingerprint density at radius 3 is 2.19 bits per heavy atom. The largest absolute Gasteiger partial charge is 0.356 e. The summed E-state index contributed by atoms with van der Waals surface area (Å²) in [7, 11) is -3.41. The van der Waals surface area contributed by atoms with Gasteiger partial charge in [0.15, 0.2) is 0 Å². The van der Waals surface area contributed by atoms with Crippen LogP contribution in [0.1, 0.15) is 93.4 Å². The first-order valence-electron chi connectivity index (χ1n) is 13.8. The van der Waals surface area contributed by atoms with Gasteiger partial charge in [-0.3, -0.25) is 19.1 Å². The predicted molar refractivity (Wildman–Crippen MR) is 141 cm³/mol. The SMILES string of the molecule is CC1C2CC(C(=O)NS(C)(=O)=O)C(C2)C1C.CCC(C)(C)C(=O)NCCC12CCC(CC1=O)C2(C)C. The van der Waals surface area contributed by atoms with Crippen molar-refractivity contribution < 1.29 is 22.8 Å². The Morgan fingerprint density at radius 1 is 1.11 bits per heavy atom. The number of hydrogen-bond donors (Lipinski definition) is 2. The Kier molecular flexibility index (Phi) is 8.11. The quantitative estimate of drug-likeness (QED) is 0.516. The molecule has 4 rings (SSSR count). The van der Waals surface area contributed by atoms with Crippen LogP contribution in [0, 0.1) is 51.8 Å². The zero-order valence-electron chi connectivity index (χ0n) is 23.6. The second-order valence-electron chi connectivity index (χ2n) is 13.4. The number of nitrogens with one attached hydrogen (secondary N) is 2. The third-order valence-corrected chi connectivity index (χ3v) is 11.6. The molecule has 0 aromatic carbocycles. The molecule has 7 atom stereocenters. The summed E-state index contributed by atoms with van der Waals surface area (Å²) in [5, 5.41) is 3.05. The zero-order valence-corrected chi connectivity index (χ0v) is 24.4. The van der Waals surface area contributed by atoms with Gasteiger partial charge in [-0.15, -0.1) is 0 Å². The first kappa shape index (κ1) is 29.1. The average Bonchev–Trinajstić information content (AvgIpc) is 3.44. The van der Waals surface area contributed by atoms with Gasteiger partial charge in [-0.1, -0.05) is 48.5 Å². The first-order chi connectivity index (χ1) is 16.5. The smallest absolute Gasteiger partial charge is 0.236 e. The van der Waals surface area contributed by atoms with Crippen LogP contribution < -0.4 is 10.0 Å². The second kappa shape index (κ2) is 10.0. The number of amides is 2. The lowest BCUT2D eigenvalue weighted by atomic mass is 9.67. The molecule has 0 aliphatic heterocycles. The van der Waals surface area contributed by atoms with Gasteiger partial charge in [0, 0.05) is 29.7 Å². The number of sulfonamides is 1. The van der Waals surface area contributed by atoms with Gasteiger partial charge >= 0.3 is 0 Å². The highest BCUT2D eigenvalue weighted by Gasteiger charge is 2.63. The highest BCUT2D eigenvalue weighted by molar-refractivity contribution is 7.89. The number of rotatable bonds is 7. The molecule has 7 nitrogen and oxygen atoms in total. The summed E-state index contributed by atoms with van der Waals surface area (Å²) in [6.45, 7) is 15.5. The molecule has 4 aliphatic rings. The van der Waals surface area contributed by atoms with Crippen LogP contribution in [0.25, 0.3) is 0 Å². The molecule has 0 aromatic heterocycles. The highest BCUT2D eigenvalue weighted by Crippen LogP contribution is 2.65. The van der Waals surface area contributed by atoms with Gasteiger partial charge < -0.3 is 5.32 Å². The van der Waals surface area contributed by atoms with Crippen molar-refractivity contribution in [1.29, 1.82) is 0 Å². The number of carbonyl (C=O) groups is 3. The van der Waals surface area contributed by atoms with Crippen molar-refractivity contribution in [2.75, 3.05) is 12.8 Å². The molecular weight excluding hydrogens is 476 g/mol. The Labute approximate surface area is 218 Å². The minimum Gasteiger partial charge on any atom is -0.356 e. The van der Waals surface area contributed by atoms with E-state index in [1.165, 1.54) is 6.42 Å². The summed E-state index contributed by atoms with van der Waals surface area (Å²) in [5.74, 6) is 2.90. The van der Waals surface area contributed by atoms with Crippen molar-refractivity contribution in [2.45, 2.75) is 93.4 Å². The van der Waals surface area contributed by atoms with Crippen LogP contribution in [0.2, 0.25) is 0 Å². The van der Waals surface area contributed by atoms with E-state index in [9.17, 15) is 22.8 Å². The van der Waals surface area contributed by atoms with Gasteiger partial charge in [0.2, 0.25) is 21.8 Å². The van der Waals surface area contributed by atoms with E-state index in [4.69, 9.17) is 0 Å². The van der Waals surface area contributed by atoms with Gasteiger partial charge in [0.1, 0.15) is 5.78 Å². The summed E-state index contributed by atoms with van der Waals surface area (Å²) in [6, 6.07) is 0. The van der Waals surface area contributed by atoms with Gasteiger partial charge in [-0.25, -0.2) is 8.42 Å². The molecule has 4 fully saturated rings. The average molecular weight is 525 g/mol. The van der Waals surface area contributed by atoms with Gasteiger partial charge in [0.25, 0.3) is 0 Å². The number of fused-ring (bicyclic) bond motifs is 4. The van der Waals surface area contributed by atoms with Crippen LogP contribution in [-0.4, -0.2) is 38.8 Å². The van der Waals surface area contributed by atoms with E-state index in [-0.39, 0.29) is 34.0 Å². The third kappa shape index (κ3) is 5.25. The van der Waals surface area contributed by atoms with E-state index in [0.29, 0.717) is 41.9 Å². The standard InChI is InChI=1S/C17H29NO2.C11H19NO3S/c1-6-15(2,3)14(20)18-10-9-17-8-7-12(11-13(17)19)16(17,4)5;1-6-7(2)9-4-8(6)5-10(9)11(13)12-16(3,14)15/h12H,6-11H2,1-5H3,(H,18,20);6-10H,4-5H2,1-3H3,(H,12,13). The number of carbonyl (C=O) groups excluding carboxylic acids is 3. The van der Waals surface area contributed by atoms with Crippen molar-refractivity contribution in [3.05, 3.63) is 0 Å². The van der Waals surface area contributed by atoms with Gasteiger partial charge in [-0.2, -0.15) is 0 Å². The van der Waals surface area contributed by atoms with Crippen LogP contribution in [0.4, 0.5) is 0 Å². The topological polar surface area (TPSA) is 109 Å². The highest BCUT2D eigenvalue weighted by atomic mass is 32.2. The minimum absolute atomic E-state index is 0.0917. The van der Waals surface area contributed by atoms with Crippen molar-refractivity contribution in [3.8, 4) is 0 Å². The van der Waals surface area contributed by atoms with Crippen molar-refractivity contribution in [1.82, 2.24) is 10.0 Å². The third-order valence-electron chi connectivity index (χ3n) is 11.0. The van der Waals surface area contributed by atoms with E-state index in [2.05, 4.69) is 37.7 Å². The van der Waals surface area contributed by atoms with E-state index in [1.807, 2.05) is 20.8 Å². The molecule has 0 heterocycles. The molecule has 2 amide bonds. The Morgan fingerprint density at radius 2 is 1.75 bits per heavy atom. The Balaban J connectivity index is 0.000000205. The fourth-order valence-electron chi connectivity index (χ4n) is 7.65. The van der Waals surface area contributed by atoms with Gasteiger partial charge in [-0.05, 0) is 73.5 Å². The van der Waals surface area contributed by atoms with Crippen molar-refractivity contribution in [3.63, 3.8) is 0 Å². The Bertz CT molecular complexity index is 986. The molecule has 0 radical (unpaired) electrons. The minimum atomic E-state index is -3.41. The number of hydrogen-bond acceptors (Lipinski definition) is 5. The summed E-state index contributed by atoms with van der Waals surface area (Å²) >= 11 is 0. The van der Waals surface area contributed by atoms with Gasteiger partial charge in [0.05, 0.1) is 6.26 Å². The van der Waals surface area contributed by atoms with Crippen LogP contribution in [0.15, 0.2) is 0 Å². The Hall–Kier alpha value is -1.44. The number of Topliss-reactive ketones (excluding diaryl/α,β-unsaturated/α-hetero) is 1. The van der Waals surface area contributed by atoms with Crippen molar-refractivity contribution in [2.24, 2.45) is 51.8 Å². The maximum absolute atomic E-state index is 12.4. The van der Waals surface area contributed by atoms with Crippen LogP contribution in [0.3, 0.4) is 0 Å². The molecule has 206 valence electrons. The molecule has 7 unspecified atom stereocenters. The summed E-state index contributed by atoms with van der Waals surface area (Å²) in [6.07, 6.45) is 7.55. The zero-order chi connectivity index (χ0) is 27.3. The molecule has 4 bridgehead atoms. The maximum Gasteiger partial charge on any atom is 0.236 e. The van der Waals surface area contributed by atoms with Crippen molar-refractivity contribution >= 4 is 27.6 Å². The fraction of sp³-hybridized carbons (Fsp3) is 0.893. The van der Waals surface area contributed by atoms with Crippen LogP contribution >= 0.6 is 0 Å². The molecule has 8 heteroatoms. The molecule has 0 spiro atoms. The molecule has 4 aliphatic carbocycles. The lowest BCUT2D eigenvalue weighted by Crippen LogP contribution is -2.42. The maximum atomic E-state index is 12.4. The van der Waals surface area contributed by atoms with E-state index < -0.39 is 10.0 Å². The summed E-state index contributed by atoms with van der Waals surface area (Å²) in [4.78, 5) is 36.3. The summed E-state index contributed by atoms with van der Waals surface area (Å²) in [5.41, 5.74) is -0.387. The van der Waals surface area contributed by atoms with E-state index in [0.717, 1.165) is 44.8 Å². The molecule has 0 aromatic rings. The fourth-order valence-corrected chi connectivity index (χ4v) is 8.16. The number of ketones is 1. The van der Waals surface area contributed by atoms with E-state index >= 15 is 0 Å². The monoisotopic (exact) mass is 524 g/mol. The normalized spacial score (nSPS) is 36.4. The summed E-state index contributed by atoms with van der Waals surface area (Å²) < 4.78 is 24.2. The predicted octanol–water partition coefficient (Wildman–Crippen LogP) is 4.31.